The number of fused-ring (bicyclic) bond motifs is 1. The van der Waals surface area contributed by atoms with E-state index in [2.05, 4.69) is 16.4 Å². The van der Waals surface area contributed by atoms with Crippen LogP contribution in [0.5, 0.6) is 0 Å². The smallest absolute Gasteiger partial charge is 0.258 e. The van der Waals surface area contributed by atoms with Crippen LogP contribution < -0.4 is 11.1 Å². The fourth-order valence-corrected chi connectivity index (χ4v) is 2.72. The number of aromatic nitrogens is 1. The lowest BCUT2D eigenvalue weighted by molar-refractivity contribution is 0.102. The number of nitrogens with two attached hydrogens (primary N) is 1. The molecule has 21 heavy (non-hydrogen) atoms. The first-order chi connectivity index (χ1) is 10.2. The summed E-state index contributed by atoms with van der Waals surface area (Å²) >= 11 is 0. The van der Waals surface area contributed by atoms with Crippen LogP contribution in [0.3, 0.4) is 0 Å². The molecule has 1 aromatic heterocycles. The Morgan fingerprint density at radius 1 is 1.24 bits per heavy atom. The van der Waals surface area contributed by atoms with Crippen molar-refractivity contribution in [1.29, 1.82) is 0 Å². The third-order valence-electron chi connectivity index (χ3n) is 3.80. The Labute approximate surface area is 122 Å². The topological polar surface area (TPSA) is 68.0 Å². The Morgan fingerprint density at radius 2 is 2.05 bits per heavy atom. The molecule has 0 unspecified atom stereocenters. The van der Waals surface area contributed by atoms with E-state index in [4.69, 9.17) is 5.73 Å². The van der Waals surface area contributed by atoms with Gasteiger partial charge in [0.1, 0.15) is 0 Å². The number of nitrogens with zero attached hydrogens (tertiary/aromatic N) is 1. The maximum Gasteiger partial charge on any atom is 0.258 e. The van der Waals surface area contributed by atoms with Crippen LogP contribution in [0.2, 0.25) is 0 Å². The SMILES string of the molecule is Nc1nccc(C(=O)Nc2cccc3c2CCCC3)c1F. The van der Waals surface area contributed by atoms with Gasteiger partial charge >= 0.3 is 0 Å². The highest BCUT2D eigenvalue weighted by Gasteiger charge is 2.18. The average Bonchev–Trinajstić information content (AvgIpc) is 2.50. The van der Waals surface area contributed by atoms with Crippen LogP contribution in [0.1, 0.15) is 34.3 Å². The quantitative estimate of drug-likeness (QED) is 0.891. The first-order valence-electron chi connectivity index (χ1n) is 6.99. The predicted molar refractivity (Wildman–Crippen MR) is 79.6 cm³/mol. The summed E-state index contributed by atoms with van der Waals surface area (Å²) in [7, 11) is 0. The average molecular weight is 285 g/mol. The summed E-state index contributed by atoms with van der Waals surface area (Å²) in [4.78, 5) is 15.9. The molecule has 2 aromatic rings. The van der Waals surface area contributed by atoms with Gasteiger partial charge in [0.15, 0.2) is 11.6 Å². The minimum atomic E-state index is -0.778. The van der Waals surface area contributed by atoms with Crippen LogP contribution in [-0.4, -0.2) is 10.9 Å². The van der Waals surface area contributed by atoms with Crippen molar-refractivity contribution in [3.05, 3.63) is 53.0 Å². The highest BCUT2D eigenvalue weighted by atomic mass is 19.1. The molecule has 0 saturated heterocycles. The molecule has 108 valence electrons. The molecule has 0 aliphatic heterocycles. The molecule has 1 amide bonds. The highest BCUT2D eigenvalue weighted by molar-refractivity contribution is 6.05. The number of aryl methyl sites for hydroxylation is 1. The van der Waals surface area contributed by atoms with E-state index in [-0.39, 0.29) is 11.4 Å². The first-order valence-corrected chi connectivity index (χ1v) is 6.99. The van der Waals surface area contributed by atoms with E-state index < -0.39 is 11.7 Å². The molecule has 3 rings (SSSR count). The van der Waals surface area contributed by atoms with Gasteiger partial charge < -0.3 is 11.1 Å². The van der Waals surface area contributed by atoms with Gasteiger partial charge in [-0.3, -0.25) is 4.79 Å². The molecular weight excluding hydrogens is 269 g/mol. The molecule has 4 nitrogen and oxygen atoms in total. The van der Waals surface area contributed by atoms with E-state index >= 15 is 0 Å². The number of halogens is 1. The molecule has 1 aromatic carbocycles. The number of rotatable bonds is 2. The van der Waals surface area contributed by atoms with Crippen molar-refractivity contribution in [2.24, 2.45) is 0 Å². The highest BCUT2D eigenvalue weighted by Crippen LogP contribution is 2.28. The van der Waals surface area contributed by atoms with E-state index in [1.165, 1.54) is 24.2 Å². The van der Waals surface area contributed by atoms with Gasteiger partial charge in [-0.1, -0.05) is 12.1 Å². The van der Waals surface area contributed by atoms with Gasteiger partial charge in [-0.25, -0.2) is 9.37 Å². The molecule has 0 fully saturated rings. The first kappa shape index (κ1) is 13.5. The second kappa shape index (κ2) is 5.52. The lowest BCUT2D eigenvalue weighted by Crippen LogP contribution is -2.17. The largest absolute Gasteiger partial charge is 0.381 e. The second-order valence-electron chi connectivity index (χ2n) is 5.16. The van der Waals surface area contributed by atoms with Gasteiger partial charge in [0, 0.05) is 11.9 Å². The van der Waals surface area contributed by atoms with Crippen LogP contribution >= 0.6 is 0 Å². The van der Waals surface area contributed by atoms with Crippen LogP contribution in [0.25, 0.3) is 0 Å². The zero-order valence-electron chi connectivity index (χ0n) is 11.5. The van der Waals surface area contributed by atoms with Crippen LogP contribution in [0, 0.1) is 5.82 Å². The number of anilines is 2. The van der Waals surface area contributed by atoms with Crippen molar-refractivity contribution >= 4 is 17.4 Å². The van der Waals surface area contributed by atoms with Crippen molar-refractivity contribution in [2.75, 3.05) is 11.1 Å². The number of pyridine rings is 1. The van der Waals surface area contributed by atoms with E-state index in [1.54, 1.807) is 0 Å². The molecule has 1 aliphatic rings. The van der Waals surface area contributed by atoms with Crippen molar-refractivity contribution in [3.8, 4) is 0 Å². The monoisotopic (exact) mass is 285 g/mol. The number of benzene rings is 1. The predicted octanol–water partition coefficient (Wildman–Crippen LogP) is 2.93. The second-order valence-corrected chi connectivity index (χ2v) is 5.16. The number of carbonyl (C=O) groups is 1. The molecule has 0 saturated carbocycles. The third kappa shape index (κ3) is 2.59. The molecule has 0 bridgehead atoms. The number of amides is 1. The van der Waals surface area contributed by atoms with Crippen LogP contribution in [-0.2, 0) is 12.8 Å². The maximum absolute atomic E-state index is 13.8. The molecule has 1 aliphatic carbocycles. The lowest BCUT2D eigenvalue weighted by atomic mass is 9.90. The summed E-state index contributed by atoms with van der Waals surface area (Å²) < 4.78 is 13.8. The number of hydrogen-bond donors (Lipinski definition) is 2. The summed E-state index contributed by atoms with van der Waals surface area (Å²) in [6.07, 6.45) is 5.56. The summed E-state index contributed by atoms with van der Waals surface area (Å²) in [6.45, 7) is 0. The Bertz CT molecular complexity index is 700. The maximum atomic E-state index is 13.8. The molecule has 0 spiro atoms. The minimum Gasteiger partial charge on any atom is -0.381 e. The van der Waals surface area contributed by atoms with E-state index in [0.717, 1.165) is 30.5 Å². The molecule has 3 N–H and O–H groups in total. The Morgan fingerprint density at radius 3 is 2.90 bits per heavy atom. The molecular formula is C16H16FN3O. The van der Waals surface area contributed by atoms with Crippen molar-refractivity contribution in [1.82, 2.24) is 4.98 Å². The number of nitrogens with one attached hydrogen (secondary N) is 1. The van der Waals surface area contributed by atoms with E-state index in [9.17, 15) is 9.18 Å². The normalized spacial score (nSPS) is 13.6. The number of nitrogen functional groups attached to an aromatic ring is 1. The van der Waals surface area contributed by atoms with Crippen molar-refractivity contribution in [3.63, 3.8) is 0 Å². The number of hydrogen-bond acceptors (Lipinski definition) is 3. The van der Waals surface area contributed by atoms with Crippen LogP contribution in [0.4, 0.5) is 15.9 Å². The van der Waals surface area contributed by atoms with Crippen molar-refractivity contribution in [2.45, 2.75) is 25.7 Å². The zero-order valence-corrected chi connectivity index (χ0v) is 11.5. The number of carbonyl (C=O) groups excluding carboxylic acids is 1. The fourth-order valence-electron chi connectivity index (χ4n) is 2.72. The van der Waals surface area contributed by atoms with E-state index in [1.807, 2.05) is 12.1 Å². The molecule has 1 heterocycles. The Balaban J connectivity index is 1.90. The van der Waals surface area contributed by atoms with Gasteiger partial charge in [0.05, 0.1) is 5.56 Å². The molecule has 0 atom stereocenters. The third-order valence-corrected chi connectivity index (χ3v) is 3.80. The Kier molecular flexibility index (Phi) is 3.56. The summed E-state index contributed by atoms with van der Waals surface area (Å²) in [5.74, 6) is -1.54. The van der Waals surface area contributed by atoms with Gasteiger partial charge in [-0.05, 0) is 48.9 Å². The standard InChI is InChI=1S/C16H16FN3O/c17-14-12(8-9-19-15(14)18)16(21)20-13-7-3-5-10-4-1-2-6-11(10)13/h3,5,7-9H,1-2,4,6H2,(H2,18,19)(H,20,21). The van der Waals surface area contributed by atoms with Crippen LogP contribution in [0.15, 0.2) is 30.5 Å². The van der Waals surface area contributed by atoms with Gasteiger partial charge in [-0.2, -0.15) is 0 Å². The van der Waals surface area contributed by atoms with Crippen molar-refractivity contribution < 1.29 is 9.18 Å². The molecule has 0 radical (unpaired) electrons. The minimum absolute atomic E-state index is 0.0871. The van der Waals surface area contributed by atoms with Gasteiger partial charge in [-0.15, -0.1) is 0 Å². The summed E-state index contributed by atoms with van der Waals surface area (Å²) in [5, 5.41) is 2.79. The summed E-state index contributed by atoms with van der Waals surface area (Å²) in [6, 6.07) is 7.17. The summed E-state index contributed by atoms with van der Waals surface area (Å²) in [5.41, 5.74) is 8.48. The molecule has 5 heteroatoms. The van der Waals surface area contributed by atoms with Gasteiger partial charge in [0.2, 0.25) is 0 Å². The Hall–Kier alpha value is -2.43. The fraction of sp³-hybridized carbons (Fsp3) is 0.250. The zero-order chi connectivity index (χ0) is 14.8. The van der Waals surface area contributed by atoms with E-state index in [0.29, 0.717) is 0 Å². The lowest BCUT2D eigenvalue weighted by Gasteiger charge is -2.19. The van der Waals surface area contributed by atoms with Gasteiger partial charge in [0.25, 0.3) is 5.91 Å².